The third-order valence-corrected chi connectivity index (χ3v) is 2.72. The Morgan fingerprint density at radius 3 is 2.78 bits per heavy atom. The van der Waals surface area contributed by atoms with Crippen molar-refractivity contribution in [3.05, 3.63) is 0 Å². The van der Waals surface area contributed by atoms with Crippen LogP contribution in [0.4, 0.5) is 0 Å². The van der Waals surface area contributed by atoms with Crippen LogP contribution in [0.15, 0.2) is 0 Å². The molecular weight excluding hydrogens is 130 g/mol. The zero-order valence-corrected chi connectivity index (χ0v) is 6.95. The van der Waals surface area contributed by atoms with Crippen LogP contribution in [0, 0.1) is 0 Å². The molecular formula is C7H14NS. The van der Waals surface area contributed by atoms with Crippen molar-refractivity contribution in [2.75, 3.05) is 13.1 Å². The van der Waals surface area contributed by atoms with Crippen molar-refractivity contribution < 1.29 is 0 Å². The average Bonchev–Trinajstić information content (AvgIpc) is 2.15. The maximum absolute atomic E-state index is 4.30. The van der Waals surface area contributed by atoms with E-state index in [4.69, 9.17) is 0 Å². The molecule has 1 saturated heterocycles. The van der Waals surface area contributed by atoms with Crippen LogP contribution < -0.4 is 5.32 Å². The first-order valence-corrected chi connectivity index (χ1v) is 4.52. The van der Waals surface area contributed by atoms with E-state index in [0.29, 0.717) is 0 Å². The third-order valence-electron chi connectivity index (χ3n) is 1.41. The van der Waals surface area contributed by atoms with E-state index >= 15 is 0 Å². The van der Waals surface area contributed by atoms with Gasteiger partial charge in [-0.05, 0) is 11.7 Å². The molecule has 1 unspecified atom stereocenters. The predicted octanol–water partition coefficient (Wildman–Crippen LogP) is 1.50. The second-order valence-corrected chi connectivity index (χ2v) is 4.61. The van der Waals surface area contributed by atoms with Crippen LogP contribution >= 0.6 is 11.8 Å². The molecule has 0 bridgehead atoms. The highest BCUT2D eigenvalue weighted by Crippen LogP contribution is 2.22. The van der Waals surface area contributed by atoms with E-state index in [9.17, 15) is 0 Å². The van der Waals surface area contributed by atoms with Crippen LogP contribution in [0.3, 0.4) is 0 Å². The van der Waals surface area contributed by atoms with E-state index in [2.05, 4.69) is 30.9 Å². The number of nitrogens with zero attached hydrogens (tertiary/aromatic N) is 1. The lowest BCUT2D eigenvalue weighted by Gasteiger charge is -2.09. The summed E-state index contributed by atoms with van der Waals surface area (Å²) in [6.07, 6.45) is 1.31. The summed E-state index contributed by atoms with van der Waals surface area (Å²) >= 11 is 2.07. The van der Waals surface area contributed by atoms with Gasteiger partial charge in [-0.3, -0.25) is 0 Å². The van der Waals surface area contributed by atoms with Gasteiger partial charge in [0, 0.05) is 18.3 Å². The Kier molecular flexibility index (Phi) is 2.86. The molecule has 0 aromatic carbocycles. The van der Waals surface area contributed by atoms with Crippen LogP contribution in [0.5, 0.6) is 0 Å². The fourth-order valence-corrected chi connectivity index (χ4v) is 2.26. The maximum atomic E-state index is 4.30. The summed E-state index contributed by atoms with van der Waals surface area (Å²) in [6, 6.07) is 0. The van der Waals surface area contributed by atoms with Gasteiger partial charge in [0.15, 0.2) is 0 Å². The molecule has 0 aromatic rings. The molecule has 1 radical (unpaired) electrons. The molecule has 1 heterocycles. The number of hydrogen-bond acceptors (Lipinski definition) is 1. The summed E-state index contributed by atoms with van der Waals surface area (Å²) in [5.74, 6) is 0. The molecule has 0 spiro atoms. The summed E-state index contributed by atoms with van der Waals surface area (Å²) in [5, 5.41) is 5.92. The Bertz CT molecular complexity index is 77.0. The highest BCUT2D eigenvalue weighted by Gasteiger charge is 2.16. The van der Waals surface area contributed by atoms with E-state index in [-0.39, 0.29) is 0 Å². The average molecular weight is 144 g/mol. The molecule has 1 aliphatic rings. The van der Waals surface area contributed by atoms with Crippen molar-refractivity contribution in [1.29, 1.82) is 0 Å². The van der Waals surface area contributed by atoms with Gasteiger partial charge < -0.3 is 0 Å². The molecule has 1 fully saturated rings. The standard InChI is InChI=1S/C7H14NS/c1-6(2)9-7-3-4-8-5-7/h6-7H,3-5H2,1-2H3. The minimum atomic E-state index is 0.781. The van der Waals surface area contributed by atoms with Gasteiger partial charge in [0.05, 0.1) is 0 Å². The third kappa shape index (κ3) is 2.59. The molecule has 1 atom stereocenters. The van der Waals surface area contributed by atoms with Crippen molar-refractivity contribution >= 4 is 11.8 Å². The highest BCUT2D eigenvalue weighted by molar-refractivity contribution is 8.00. The summed E-state index contributed by atoms with van der Waals surface area (Å²) in [5.41, 5.74) is 0. The molecule has 2 heteroatoms. The van der Waals surface area contributed by atoms with E-state index in [0.717, 1.165) is 23.6 Å². The van der Waals surface area contributed by atoms with Crippen LogP contribution in [0.1, 0.15) is 20.3 Å². The molecule has 0 saturated carbocycles. The van der Waals surface area contributed by atoms with Crippen molar-refractivity contribution in [2.24, 2.45) is 0 Å². The summed E-state index contributed by atoms with van der Waals surface area (Å²) in [6.45, 7) is 6.71. The van der Waals surface area contributed by atoms with Crippen LogP contribution in [-0.4, -0.2) is 23.6 Å². The van der Waals surface area contributed by atoms with Crippen LogP contribution in [-0.2, 0) is 0 Å². The Morgan fingerprint density at radius 1 is 1.56 bits per heavy atom. The second kappa shape index (κ2) is 3.47. The lowest BCUT2D eigenvalue weighted by Crippen LogP contribution is -2.07. The largest absolute Gasteiger partial charge is 0.241 e. The van der Waals surface area contributed by atoms with Gasteiger partial charge in [-0.1, -0.05) is 13.8 Å². The molecule has 9 heavy (non-hydrogen) atoms. The molecule has 0 N–H and O–H groups in total. The molecule has 53 valence electrons. The monoisotopic (exact) mass is 144 g/mol. The first-order chi connectivity index (χ1) is 4.29. The molecule has 0 amide bonds. The van der Waals surface area contributed by atoms with E-state index in [1.165, 1.54) is 6.42 Å². The quantitative estimate of drug-likeness (QED) is 0.573. The van der Waals surface area contributed by atoms with Crippen molar-refractivity contribution in [1.82, 2.24) is 5.32 Å². The van der Waals surface area contributed by atoms with E-state index in [1.54, 1.807) is 0 Å². The molecule has 0 aliphatic carbocycles. The van der Waals surface area contributed by atoms with Crippen molar-refractivity contribution in [3.63, 3.8) is 0 Å². The molecule has 1 rings (SSSR count). The first kappa shape index (κ1) is 7.42. The Labute approximate surface area is 61.6 Å². The van der Waals surface area contributed by atoms with Crippen LogP contribution in [0.25, 0.3) is 0 Å². The SMILES string of the molecule is CC(C)SC1CC[N]C1. The second-order valence-electron chi connectivity index (χ2n) is 2.73. The zero-order chi connectivity index (χ0) is 6.69. The molecule has 1 nitrogen and oxygen atoms in total. The number of rotatable bonds is 2. The summed E-state index contributed by atoms with van der Waals surface area (Å²) < 4.78 is 0. The van der Waals surface area contributed by atoms with Crippen LogP contribution in [0.2, 0.25) is 0 Å². The van der Waals surface area contributed by atoms with Gasteiger partial charge in [0.25, 0.3) is 0 Å². The summed E-state index contributed by atoms with van der Waals surface area (Å²) in [4.78, 5) is 0. The van der Waals surface area contributed by atoms with Gasteiger partial charge >= 0.3 is 0 Å². The minimum Gasteiger partial charge on any atom is -0.241 e. The van der Waals surface area contributed by atoms with E-state index < -0.39 is 0 Å². The topological polar surface area (TPSA) is 14.1 Å². The number of thioether (sulfide) groups is 1. The first-order valence-electron chi connectivity index (χ1n) is 3.58. The van der Waals surface area contributed by atoms with Crippen molar-refractivity contribution in [3.8, 4) is 0 Å². The van der Waals surface area contributed by atoms with E-state index in [1.807, 2.05) is 0 Å². The normalized spacial score (nSPS) is 27.7. The van der Waals surface area contributed by atoms with Gasteiger partial charge in [0.2, 0.25) is 0 Å². The van der Waals surface area contributed by atoms with Gasteiger partial charge in [0.1, 0.15) is 0 Å². The lowest BCUT2D eigenvalue weighted by atomic mass is 10.4. The maximum Gasteiger partial charge on any atom is 0.0253 e. The zero-order valence-electron chi connectivity index (χ0n) is 6.13. The molecule has 0 aromatic heterocycles. The Balaban J connectivity index is 2.11. The smallest absolute Gasteiger partial charge is 0.0253 e. The fourth-order valence-electron chi connectivity index (χ4n) is 1.06. The Hall–Kier alpha value is 0.310. The highest BCUT2D eigenvalue weighted by atomic mass is 32.2. The minimum absolute atomic E-state index is 0.781. The Morgan fingerprint density at radius 2 is 2.33 bits per heavy atom. The predicted molar refractivity (Wildman–Crippen MR) is 43.0 cm³/mol. The van der Waals surface area contributed by atoms with Gasteiger partial charge in [-0.25, -0.2) is 5.32 Å². The number of hydrogen-bond donors (Lipinski definition) is 0. The van der Waals surface area contributed by atoms with Crippen molar-refractivity contribution in [2.45, 2.75) is 30.8 Å². The fraction of sp³-hybridized carbons (Fsp3) is 1.00. The molecule has 1 aliphatic heterocycles. The van der Waals surface area contributed by atoms with Gasteiger partial charge in [-0.15, -0.1) is 0 Å². The summed E-state index contributed by atoms with van der Waals surface area (Å²) in [7, 11) is 0. The van der Waals surface area contributed by atoms with Gasteiger partial charge in [-0.2, -0.15) is 11.8 Å². The lowest BCUT2D eigenvalue weighted by molar-refractivity contribution is 0.838.